The molecule has 0 saturated heterocycles. The topological polar surface area (TPSA) is 58.6 Å². The molecule has 0 saturated carbocycles. The van der Waals surface area contributed by atoms with Gasteiger partial charge in [0.25, 0.3) is 0 Å². The van der Waals surface area contributed by atoms with Gasteiger partial charge < -0.3 is 15.2 Å². The van der Waals surface area contributed by atoms with Crippen molar-refractivity contribution in [3.8, 4) is 0 Å². The fraction of sp³-hybridized carbons (Fsp3) is 0.462. The third-order valence-electron chi connectivity index (χ3n) is 2.12. The van der Waals surface area contributed by atoms with E-state index in [1.807, 2.05) is 24.3 Å². The quantitative estimate of drug-likeness (QED) is 0.812. The Morgan fingerprint density at radius 3 is 2.67 bits per heavy atom. The smallest absolute Gasteiger partial charge is 0.408 e. The maximum absolute atomic E-state index is 11.6. The number of ether oxygens (including phenoxy) is 1. The minimum Gasteiger partial charge on any atom is -0.444 e. The summed E-state index contributed by atoms with van der Waals surface area (Å²) >= 11 is 2.19. The van der Waals surface area contributed by atoms with E-state index < -0.39 is 17.7 Å². The van der Waals surface area contributed by atoms with E-state index >= 15 is 0 Å². The van der Waals surface area contributed by atoms with Crippen molar-refractivity contribution in [2.75, 3.05) is 6.61 Å². The second-order valence-corrected chi connectivity index (χ2v) is 6.18. The summed E-state index contributed by atoms with van der Waals surface area (Å²) < 4.78 is 6.21. The predicted octanol–water partition coefficient (Wildman–Crippen LogP) is 2.85. The first kappa shape index (κ1) is 15.2. The van der Waals surface area contributed by atoms with Gasteiger partial charge in [-0.25, -0.2) is 4.79 Å². The number of nitrogens with one attached hydrogen (secondary N) is 1. The molecule has 0 bridgehead atoms. The van der Waals surface area contributed by atoms with Crippen molar-refractivity contribution in [3.05, 3.63) is 33.4 Å². The minimum absolute atomic E-state index is 0.167. The number of aliphatic hydroxyl groups excluding tert-OH is 1. The van der Waals surface area contributed by atoms with E-state index in [4.69, 9.17) is 4.74 Å². The Labute approximate surface area is 121 Å². The molecule has 0 heterocycles. The lowest BCUT2D eigenvalue weighted by Crippen LogP contribution is -2.36. The summed E-state index contributed by atoms with van der Waals surface area (Å²) in [5.74, 6) is 0. The van der Waals surface area contributed by atoms with Crippen LogP contribution in [0, 0.1) is 3.57 Å². The Balaban J connectivity index is 2.71. The van der Waals surface area contributed by atoms with E-state index in [1.165, 1.54) is 0 Å². The fourth-order valence-electron chi connectivity index (χ4n) is 1.41. The summed E-state index contributed by atoms with van der Waals surface area (Å²) in [6.45, 7) is 5.23. The van der Waals surface area contributed by atoms with Crippen molar-refractivity contribution in [1.29, 1.82) is 0 Å². The third-order valence-corrected chi connectivity index (χ3v) is 2.80. The highest BCUT2D eigenvalue weighted by Crippen LogP contribution is 2.16. The summed E-state index contributed by atoms with van der Waals surface area (Å²) in [4.78, 5) is 11.6. The van der Waals surface area contributed by atoms with Crippen LogP contribution in [0.1, 0.15) is 32.4 Å². The molecule has 0 aromatic heterocycles. The largest absolute Gasteiger partial charge is 0.444 e. The monoisotopic (exact) mass is 363 g/mol. The van der Waals surface area contributed by atoms with Gasteiger partial charge in [0.2, 0.25) is 0 Å². The van der Waals surface area contributed by atoms with Crippen LogP contribution in [0.15, 0.2) is 24.3 Å². The molecular weight excluding hydrogens is 345 g/mol. The molecule has 0 aliphatic carbocycles. The number of halogens is 1. The Morgan fingerprint density at radius 1 is 1.50 bits per heavy atom. The minimum atomic E-state index is -0.546. The molecule has 100 valence electrons. The first-order chi connectivity index (χ1) is 8.31. The van der Waals surface area contributed by atoms with E-state index in [0.717, 1.165) is 9.13 Å². The van der Waals surface area contributed by atoms with Crippen LogP contribution in [0.3, 0.4) is 0 Å². The average molecular weight is 363 g/mol. The van der Waals surface area contributed by atoms with Gasteiger partial charge in [0, 0.05) is 3.57 Å². The van der Waals surface area contributed by atoms with Crippen molar-refractivity contribution >= 4 is 28.7 Å². The molecule has 1 unspecified atom stereocenters. The van der Waals surface area contributed by atoms with Crippen LogP contribution >= 0.6 is 22.6 Å². The summed E-state index contributed by atoms with van der Waals surface area (Å²) in [5, 5.41) is 12.0. The van der Waals surface area contributed by atoms with Crippen LogP contribution in [-0.2, 0) is 4.74 Å². The van der Waals surface area contributed by atoms with E-state index in [9.17, 15) is 9.90 Å². The predicted molar refractivity (Wildman–Crippen MR) is 78.4 cm³/mol. The van der Waals surface area contributed by atoms with Crippen molar-refractivity contribution in [2.24, 2.45) is 0 Å². The second-order valence-electron chi connectivity index (χ2n) is 4.94. The Kier molecular flexibility index (Phi) is 5.40. The molecule has 0 fully saturated rings. The lowest BCUT2D eigenvalue weighted by molar-refractivity contribution is 0.0482. The molecule has 0 spiro atoms. The lowest BCUT2D eigenvalue weighted by atomic mass is 10.1. The SMILES string of the molecule is CC(C)(C)OC(=O)NC(CO)c1cccc(I)c1. The van der Waals surface area contributed by atoms with Crippen LogP contribution in [0.2, 0.25) is 0 Å². The fourth-order valence-corrected chi connectivity index (χ4v) is 1.97. The molecule has 5 heteroatoms. The maximum atomic E-state index is 11.6. The standard InChI is InChI=1S/C13H18INO3/c1-13(2,3)18-12(17)15-11(8-16)9-5-4-6-10(14)7-9/h4-7,11,16H,8H2,1-3H3,(H,15,17). The normalized spacial score (nSPS) is 12.9. The van der Waals surface area contributed by atoms with Gasteiger partial charge in [-0.3, -0.25) is 0 Å². The molecule has 1 atom stereocenters. The number of carbonyl (C=O) groups is 1. The molecule has 1 amide bonds. The molecule has 0 radical (unpaired) electrons. The summed E-state index contributed by atoms with van der Waals surface area (Å²) in [6.07, 6.45) is -0.527. The molecule has 1 aromatic rings. The number of hydrogen-bond donors (Lipinski definition) is 2. The van der Waals surface area contributed by atoms with E-state index in [2.05, 4.69) is 27.9 Å². The van der Waals surface area contributed by atoms with Gasteiger partial charge in [0.1, 0.15) is 5.60 Å². The van der Waals surface area contributed by atoms with Crippen molar-refractivity contribution < 1.29 is 14.6 Å². The van der Waals surface area contributed by atoms with Crippen molar-refractivity contribution in [1.82, 2.24) is 5.32 Å². The number of aliphatic hydroxyl groups is 1. The maximum Gasteiger partial charge on any atom is 0.408 e. The summed E-state index contributed by atoms with van der Waals surface area (Å²) in [6, 6.07) is 7.16. The summed E-state index contributed by atoms with van der Waals surface area (Å²) in [7, 11) is 0. The molecule has 1 rings (SSSR count). The molecular formula is C13H18INO3. The lowest BCUT2D eigenvalue weighted by Gasteiger charge is -2.23. The van der Waals surface area contributed by atoms with Crippen LogP contribution in [0.5, 0.6) is 0 Å². The molecule has 0 aliphatic rings. The zero-order valence-corrected chi connectivity index (χ0v) is 12.9. The first-order valence-electron chi connectivity index (χ1n) is 5.67. The number of amides is 1. The van der Waals surface area contributed by atoms with Gasteiger partial charge in [-0.15, -0.1) is 0 Å². The van der Waals surface area contributed by atoms with E-state index in [-0.39, 0.29) is 6.61 Å². The molecule has 2 N–H and O–H groups in total. The Morgan fingerprint density at radius 2 is 2.17 bits per heavy atom. The van der Waals surface area contributed by atoms with Crippen LogP contribution in [0.25, 0.3) is 0 Å². The van der Waals surface area contributed by atoms with Gasteiger partial charge >= 0.3 is 6.09 Å². The molecule has 4 nitrogen and oxygen atoms in total. The number of rotatable bonds is 3. The zero-order valence-electron chi connectivity index (χ0n) is 10.7. The number of benzene rings is 1. The van der Waals surface area contributed by atoms with Crippen molar-refractivity contribution in [2.45, 2.75) is 32.4 Å². The average Bonchev–Trinajstić information content (AvgIpc) is 2.23. The van der Waals surface area contributed by atoms with Crippen LogP contribution < -0.4 is 5.32 Å². The Hall–Kier alpha value is -0.820. The third kappa shape index (κ3) is 5.22. The molecule has 0 aliphatic heterocycles. The summed E-state index contributed by atoms with van der Waals surface area (Å²) in [5.41, 5.74) is 0.310. The Bertz CT molecular complexity index is 415. The van der Waals surface area contributed by atoms with Crippen LogP contribution in [0.4, 0.5) is 4.79 Å². The number of hydrogen-bond acceptors (Lipinski definition) is 3. The van der Waals surface area contributed by atoms with Gasteiger partial charge in [-0.1, -0.05) is 12.1 Å². The van der Waals surface area contributed by atoms with E-state index in [1.54, 1.807) is 20.8 Å². The molecule has 1 aromatic carbocycles. The number of carbonyl (C=O) groups excluding carboxylic acids is 1. The van der Waals surface area contributed by atoms with Gasteiger partial charge in [0.15, 0.2) is 0 Å². The van der Waals surface area contributed by atoms with Gasteiger partial charge in [-0.05, 0) is 61.1 Å². The number of alkyl carbamates (subject to hydrolysis) is 1. The second kappa shape index (κ2) is 6.38. The first-order valence-corrected chi connectivity index (χ1v) is 6.75. The van der Waals surface area contributed by atoms with Gasteiger partial charge in [-0.2, -0.15) is 0 Å². The highest BCUT2D eigenvalue weighted by molar-refractivity contribution is 14.1. The highest BCUT2D eigenvalue weighted by atomic mass is 127. The molecule has 18 heavy (non-hydrogen) atoms. The highest BCUT2D eigenvalue weighted by Gasteiger charge is 2.20. The van der Waals surface area contributed by atoms with E-state index in [0.29, 0.717) is 0 Å². The van der Waals surface area contributed by atoms with Gasteiger partial charge in [0.05, 0.1) is 12.6 Å². The van der Waals surface area contributed by atoms with Crippen LogP contribution in [-0.4, -0.2) is 23.4 Å². The zero-order chi connectivity index (χ0) is 13.8. The van der Waals surface area contributed by atoms with Crippen molar-refractivity contribution in [3.63, 3.8) is 0 Å².